The number of thioether (sulfide) groups is 1. The number of hydrogen-bond acceptors (Lipinski definition) is 4. The van der Waals surface area contributed by atoms with Gasteiger partial charge in [0.2, 0.25) is 0 Å². The van der Waals surface area contributed by atoms with E-state index in [0.29, 0.717) is 18.6 Å². The van der Waals surface area contributed by atoms with Crippen LogP contribution in [0.5, 0.6) is 0 Å². The SMILES string of the molecule is COC(=O)CCCCCCC1(C)C(=O)CCC1(C)Sc1ccccc1. The molecule has 0 N–H and O–H groups in total. The van der Waals surface area contributed by atoms with Crippen LogP contribution in [0.2, 0.25) is 0 Å². The van der Waals surface area contributed by atoms with Gasteiger partial charge in [-0.25, -0.2) is 0 Å². The van der Waals surface area contributed by atoms with E-state index in [0.717, 1.165) is 38.5 Å². The molecular formula is C21H30O3S. The summed E-state index contributed by atoms with van der Waals surface area (Å²) in [7, 11) is 1.43. The summed E-state index contributed by atoms with van der Waals surface area (Å²) in [6.07, 6.45) is 7.05. The van der Waals surface area contributed by atoms with Crippen LogP contribution in [0.15, 0.2) is 35.2 Å². The zero-order chi connectivity index (χ0) is 18.3. The average Bonchev–Trinajstić information content (AvgIpc) is 2.83. The number of ether oxygens (including phenoxy) is 1. The van der Waals surface area contributed by atoms with Gasteiger partial charge < -0.3 is 4.74 Å². The largest absolute Gasteiger partial charge is 0.469 e. The predicted octanol–water partition coefficient (Wildman–Crippen LogP) is 5.42. The highest BCUT2D eigenvalue weighted by atomic mass is 32.2. The summed E-state index contributed by atoms with van der Waals surface area (Å²) < 4.78 is 4.62. The predicted molar refractivity (Wildman–Crippen MR) is 103 cm³/mol. The molecule has 0 heterocycles. The molecule has 0 bridgehead atoms. The molecule has 0 aromatic heterocycles. The molecule has 2 rings (SSSR count). The van der Waals surface area contributed by atoms with E-state index >= 15 is 0 Å². The van der Waals surface area contributed by atoms with Crippen LogP contribution in [0.3, 0.4) is 0 Å². The summed E-state index contributed by atoms with van der Waals surface area (Å²) in [6, 6.07) is 10.4. The maximum atomic E-state index is 12.7. The van der Waals surface area contributed by atoms with Crippen molar-refractivity contribution in [2.24, 2.45) is 5.41 Å². The molecule has 1 aliphatic rings. The number of benzene rings is 1. The van der Waals surface area contributed by atoms with E-state index in [4.69, 9.17) is 0 Å². The average molecular weight is 363 g/mol. The number of hydrogen-bond donors (Lipinski definition) is 0. The van der Waals surface area contributed by atoms with Gasteiger partial charge in [0.25, 0.3) is 0 Å². The second kappa shape index (κ2) is 8.88. The van der Waals surface area contributed by atoms with E-state index in [9.17, 15) is 9.59 Å². The zero-order valence-electron chi connectivity index (χ0n) is 15.7. The molecule has 0 saturated heterocycles. The van der Waals surface area contributed by atoms with Gasteiger partial charge in [0.1, 0.15) is 5.78 Å². The van der Waals surface area contributed by atoms with Gasteiger partial charge >= 0.3 is 5.97 Å². The summed E-state index contributed by atoms with van der Waals surface area (Å²) in [6.45, 7) is 4.42. The maximum Gasteiger partial charge on any atom is 0.305 e. The quantitative estimate of drug-likeness (QED) is 0.434. The first-order chi connectivity index (χ1) is 11.9. The first kappa shape index (κ1) is 20.0. The minimum Gasteiger partial charge on any atom is -0.469 e. The first-order valence-corrected chi connectivity index (χ1v) is 10.1. The second-order valence-electron chi connectivity index (χ2n) is 7.39. The van der Waals surface area contributed by atoms with Gasteiger partial charge in [-0.15, -0.1) is 11.8 Å². The highest BCUT2D eigenvalue weighted by Gasteiger charge is 2.54. The third-order valence-electron chi connectivity index (χ3n) is 5.73. The molecule has 1 aliphatic carbocycles. The topological polar surface area (TPSA) is 43.4 Å². The van der Waals surface area contributed by atoms with Gasteiger partial charge in [-0.05, 0) is 38.3 Å². The van der Waals surface area contributed by atoms with Crippen LogP contribution in [0.25, 0.3) is 0 Å². The van der Waals surface area contributed by atoms with E-state index < -0.39 is 0 Å². The van der Waals surface area contributed by atoms with Crippen molar-refractivity contribution in [3.05, 3.63) is 30.3 Å². The van der Waals surface area contributed by atoms with Crippen LogP contribution in [0.4, 0.5) is 0 Å². The van der Waals surface area contributed by atoms with E-state index in [1.54, 1.807) is 0 Å². The molecule has 2 unspecified atom stereocenters. The minimum atomic E-state index is -0.268. The molecular weight excluding hydrogens is 332 g/mol. The van der Waals surface area contributed by atoms with Gasteiger partial charge in [0.05, 0.1) is 7.11 Å². The maximum absolute atomic E-state index is 12.7. The molecule has 1 fully saturated rings. The Labute approximate surface area is 155 Å². The number of rotatable bonds is 9. The standard InChI is InChI=1S/C21H30O3S/c1-20(15-10-5-4-9-13-19(23)24-3)18(22)14-16-21(20,2)25-17-11-7-6-8-12-17/h6-8,11-12H,4-5,9-10,13-16H2,1-3H3. The molecule has 3 nitrogen and oxygen atoms in total. The van der Waals surface area contributed by atoms with E-state index in [-0.39, 0.29) is 16.1 Å². The van der Waals surface area contributed by atoms with Crippen molar-refractivity contribution in [1.82, 2.24) is 0 Å². The Hall–Kier alpha value is -1.29. The highest BCUT2D eigenvalue weighted by Crippen LogP contribution is 2.56. The van der Waals surface area contributed by atoms with Gasteiger partial charge in [0.15, 0.2) is 0 Å². The highest BCUT2D eigenvalue weighted by molar-refractivity contribution is 8.00. The number of methoxy groups -OCH3 is 1. The molecule has 25 heavy (non-hydrogen) atoms. The normalized spacial score (nSPS) is 26.0. The van der Waals surface area contributed by atoms with Crippen LogP contribution in [0, 0.1) is 5.41 Å². The molecule has 1 aromatic rings. The Bertz CT molecular complexity index is 586. The number of ketones is 1. The minimum absolute atomic E-state index is 0.0442. The second-order valence-corrected chi connectivity index (χ2v) is 8.97. The summed E-state index contributed by atoms with van der Waals surface area (Å²) in [5.74, 6) is 0.276. The van der Waals surface area contributed by atoms with E-state index in [1.807, 2.05) is 17.8 Å². The molecule has 0 radical (unpaired) electrons. The molecule has 0 amide bonds. The van der Waals surface area contributed by atoms with Crippen molar-refractivity contribution < 1.29 is 14.3 Å². The lowest BCUT2D eigenvalue weighted by molar-refractivity contribution is -0.140. The van der Waals surface area contributed by atoms with Crippen molar-refractivity contribution in [3.8, 4) is 0 Å². The summed E-state index contributed by atoms with van der Waals surface area (Å²) in [5, 5.41) is 0. The van der Waals surface area contributed by atoms with Crippen molar-refractivity contribution >= 4 is 23.5 Å². The fraction of sp³-hybridized carbons (Fsp3) is 0.619. The van der Waals surface area contributed by atoms with E-state index in [1.165, 1.54) is 12.0 Å². The van der Waals surface area contributed by atoms with Crippen molar-refractivity contribution in [1.29, 1.82) is 0 Å². The van der Waals surface area contributed by atoms with Gasteiger partial charge in [-0.2, -0.15) is 0 Å². The Balaban J connectivity index is 1.89. The zero-order valence-corrected chi connectivity index (χ0v) is 16.5. The first-order valence-electron chi connectivity index (χ1n) is 9.25. The van der Waals surface area contributed by atoms with Crippen molar-refractivity contribution in [2.75, 3.05) is 7.11 Å². The molecule has 2 atom stereocenters. The lowest BCUT2D eigenvalue weighted by Crippen LogP contribution is -2.40. The number of Topliss-reactive ketones (excluding diaryl/α,β-unsaturated/α-hetero) is 1. The third kappa shape index (κ3) is 4.87. The fourth-order valence-corrected chi connectivity index (χ4v) is 5.18. The van der Waals surface area contributed by atoms with Crippen LogP contribution < -0.4 is 0 Å². The summed E-state index contributed by atoms with van der Waals surface area (Å²) in [4.78, 5) is 25.1. The molecule has 4 heteroatoms. The third-order valence-corrected chi connectivity index (χ3v) is 7.35. The van der Waals surface area contributed by atoms with E-state index in [2.05, 4.69) is 42.8 Å². The van der Waals surface area contributed by atoms with Crippen LogP contribution in [-0.4, -0.2) is 23.6 Å². The number of carbonyl (C=O) groups excluding carboxylic acids is 2. The van der Waals surface area contributed by atoms with Gasteiger partial charge in [0, 0.05) is 27.9 Å². The monoisotopic (exact) mass is 362 g/mol. The number of esters is 1. The van der Waals surface area contributed by atoms with Gasteiger partial charge in [-0.3, -0.25) is 9.59 Å². The molecule has 0 aliphatic heterocycles. The summed E-state index contributed by atoms with van der Waals surface area (Å²) in [5.41, 5.74) is -0.268. The van der Waals surface area contributed by atoms with Crippen LogP contribution in [-0.2, 0) is 14.3 Å². The molecule has 0 spiro atoms. The Morgan fingerprint density at radius 1 is 1.12 bits per heavy atom. The number of unbranched alkanes of at least 4 members (excludes halogenated alkanes) is 3. The molecule has 138 valence electrons. The van der Waals surface area contributed by atoms with Gasteiger partial charge in [-0.1, -0.05) is 44.4 Å². The fourth-order valence-electron chi connectivity index (χ4n) is 3.72. The van der Waals surface area contributed by atoms with Crippen LogP contribution >= 0.6 is 11.8 Å². The number of carbonyl (C=O) groups is 2. The lowest BCUT2D eigenvalue weighted by Gasteiger charge is -2.39. The smallest absolute Gasteiger partial charge is 0.305 e. The summed E-state index contributed by atoms with van der Waals surface area (Å²) >= 11 is 1.86. The Morgan fingerprint density at radius 2 is 1.80 bits per heavy atom. The lowest BCUT2D eigenvalue weighted by atomic mass is 9.75. The molecule has 1 aromatic carbocycles. The Kier molecular flexibility index (Phi) is 7.12. The van der Waals surface area contributed by atoms with Crippen molar-refractivity contribution in [3.63, 3.8) is 0 Å². The Morgan fingerprint density at radius 3 is 2.48 bits per heavy atom. The van der Waals surface area contributed by atoms with Crippen molar-refractivity contribution in [2.45, 2.75) is 74.9 Å². The molecule has 1 saturated carbocycles. The van der Waals surface area contributed by atoms with Crippen LogP contribution in [0.1, 0.15) is 65.2 Å².